The summed E-state index contributed by atoms with van der Waals surface area (Å²) in [6, 6.07) is 6.69. The molecule has 1 aromatic rings. The van der Waals surface area contributed by atoms with Crippen LogP contribution in [0, 0.1) is 13.8 Å². The van der Waals surface area contributed by atoms with Crippen molar-refractivity contribution >= 4 is 0 Å². The first-order valence-corrected chi connectivity index (χ1v) is 6.11. The van der Waals surface area contributed by atoms with E-state index in [0.717, 1.165) is 32.5 Å². The lowest BCUT2D eigenvalue weighted by atomic mass is 10.0. The van der Waals surface area contributed by atoms with Gasteiger partial charge in [-0.05, 0) is 43.4 Å². The molecule has 2 rings (SSSR count). The van der Waals surface area contributed by atoms with Crippen molar-refractivity contribution in [3.8, 4) is 0 Å². The maximum Gasteiger partial charge on any atom is 0.0564 e. The molecule has 0 aliphatic carbocycles. The number of likely N-dealkylation sites (tertiary alicyclic amines) is 1. The number of aliphatic hydroxyl groups excluding tert-OH is 1. The molecule has 1 aliphatic rings. The molecule has 1 heterocycles. The van der Waals surface area contributed by atoms with Crippen molar-refractivity contribution in [1.29, 1.82) is 0 Å². The van der Waals surface area contributed by atoms with Gasteiger partial charge >= 0.3 is 0 Å². The molecule has 1 saturated heterocycles. The maximum absolute atomic E-state index is 9.45. The predicted octanol–water partition coefficient (Wildman–Crippen LogP) is 2.26. The summed E-state index contributed by atoms with van der Waals surface area (Å²) < 4.78 is 0. The molecule has 0 bridgehead atoms. The minimum atomic E-state index is -0.0731. The Labute approximate surface area is 97.9 Å². The van der Waals surface area contributed by atoms with E-state index in [1.165, 1.54) is 16.7 Å². The number of rotatable bonds is 2. The largest absolute Gasteiger partial charge is 0.393 e. The summed E-state index contributed by atoms with van der Waals surface area (Å²) in [5, 5.41) is 9.45. The summed E-state index contributed by atoms with van der Waals surface area (Å²) in [5.41, 5.74) is 4.12. The zero-order valence-electron chi connectivity index (χ0n) is 10.2. The molecule has 0 unspecified atom stereocenters. The third-order valence-electron chi connectivity index (χ3n) is 3.53. The third kappa shape index (κ3) is 2.83. The minimum absolute atomic E-state index is 0.0731. The van der Waals surface area contributed by atoms with Crippen LogP contribution in [-0.2, 0) is 6.54 Å². The average molecular weight is 219 g/mol. The van der Waals surface area contributed by atoms with Crippen molar-refractivity contribution in [2.45, 2.75) is 39.3 Å². The molecule has 16 heavy (non-hydrogen) atoms. The van der Waals surface area contributed by atoms with Gasteiger partial charge in [-0.15, -0.1) is 0 Å². The second-order valence-corrected chi connectivity index (χ2v) is 4.93. The van der Waals surface area contributed by atoms with E-state index >= 15 is 0 Å². The molecule has 0 atom stereocenters. The van der Waals surface area contributed by atoms with E-state index in [2.05, 4.69) is 36.9 Å². The van der Waals surface area contributed by atoms with Gasteiger partial charge in [-0.25, -0.2) is 0 Å². The summed E-state index contributed by atoms with van der Waals surface area (Å²) in [6.45, 7) is 7.38. The molecular formula is C14H21NO. The Balaban J connectivity index is 1.96. The quantitative estimate of drug-likeness (QED) is 0.824. The van der Waals surface area contributed by atoms with E-state index in [0.29, 0.717) is 0 Å². The van der Waals surface area contributed by atoms with Crippen molar-refractivity contribution < 1.29 is 5.11 Å². The van der Waals surface area contributed by atoms with Gasteiger partial charge < -0.3 is 5.11 Å². The molecule has 1 aromatic carbocycles. The summed E-state index contributed by atoms with van der Waals surface area (Å²) in [5.74, 6) is 0. The first-order chi connectivity index (χ1) is 7.65. The normalized spacial score (nSPS) is 18.9. The van der Waals surface area contributed by atoms with Crippen molar-refractivity contribution in [2.24, 2.45) is 0 Å². The molecule has 1 aliphatic heterocycles. The van der Waals surface area contributed by atoms with Crippen LogP contribution in [-0.4, -0.2) is 29.2 Å². The summed E-state index contributed by atoms with van der Waals surface area (Å²) in [7, 11) is 0. The fraction of sp³-hybridized carbons (Fsp3) is 0.571. The lowest BCUT2D eigenvalue weighted by Gasteiger charge is -2.29. The van der Waals surface area contributed by atoms with Gasteiger partial charge in [0.25, 0.3) is 0 Å². The maximum atomic E-state index is 9.45. The first-order valence-electron chi connectivity index (χ1n) is 6.11. The summed E-state index contributed by atoms with van der Waals surface area (Å²) >= 11 is 0. The molecular weight excluding hydrogens is 198 g/mol. The number of benzene rings is 1. The standard InChI is InChI=1S/C14H21NO/c1-11-3-4-13(9-12(11)2)10-15-7-5-14(16)6-8-15/h3-4,9,14,16H,5-8,10H2,1-2H3. The summed E-state index contributed by atoms with van der Waals surface area (Å²) in [4.78, 5) is 2.43. The Morgan fingerprint density at radius 3 is 2.50 bits per heavy atom. The third-order valence-corrected chi connectivity index (χ3v) is 3.53. The van der Waals surface area contributed by atoms with Gasteiger partial charge in [0, 0.05) is 19.6 Å². The van der Waals surface area contributed by atoms with Gasteiger partial charge in [-0.2, -0.15) is 0 Å². The topological polar surface area (TPSA) is 23.5 Å². The van der Waals surface area contributed by atoms with Crippen LogP contribution in [0.1, 0.15) is 29.5 Å². The number of nitrogens with zero attached hydrogens (tertiary/aromatic N) is 1. The number of aryl methyl sites for hydroxylation is 2. The fourth-order valence-electron chi connectivity index (χ4n) is 2.24. The van der Waals surface area contributed by atoms with E-state index in [9.17, 15) is 5.11 Å². The zero-order chi connectivity index (χ0) is 11.5. The van der Waals surface area contributed by atoms with Gasteiger partial charge in [0.05, 0.1) is 6.10 Å². The highest BCUT2D eigenvalue weighted by Gasteiger charge is 2.16. The predicted molar refractivity (Wildman–Crippen MR) is 66.4 cm³/mol. The monoisotopic (exact) mass is 219 g/mol. The minimum Gasteiger partial charge on any atom is -0.393 e. The molecule has 0 spiro atoms. The number of hydrogen-bond donors (Lipinski definition) is 1. The second kappa shape index (κ2) is 4.98. The number of piperidine rings is 1. The Bertz CT molecular complexity index is 354. The van der Waals surface area contributed by atoms with Crippen LogP contribution in [0.25, 0.3) is 0 Å². The number of hydrogen-bond acceptors (Lipinski definition) is 2. The van der Waals surface area contributed by atoms with Gasteiger partial charge in [0.2, 0.25) is 0 Å². The SMILES string of the molecule is Cc1ccc(CN2CCC(O)CC2)cc1C. The Morgan fingerprint density at radius 2 is 1.88 bits per heavy atom. The first kappa shape index (κ1) is 11.6. The molecule has 0 aromatic heterocycles. The van der Waals surface area contributed by atoms with Crippen LogP contribution in [0.3, 0.4) is 0 Å². The van der Waals surface area contributed by atoms with Gasteiger partial charge in [-0.3, -0.25) is 4.90 Å². The van der Waals surface area contributed by atoms with E-state index in [1.54, 1.807) is 0 Å². The van der Waals surface area contributed by atoms with Crippen LogP contribution in [0.15, 0.2) is 18.2 Å². The molecule has 0 radical (unpaired) electrons. The van der Waals surface area contributed by atoms with Crippen LogP contribution in [0.4, 0.5) is 0 Å². The van der Waals surface area contributed by atoms with Crippen LogP contribution in [0.2, 0.25) is 0 Å². The highest BCUT2D eigenvalue weighted by molar-refractivity contribution is 5.29. The van der Waals surface area contributed by atoms with Gasteiger partial charge in [0.15, 0.2) is 0 Å². The molecule has 88 valence electrons. The molecule has 1 N–H and O–H groups in total. The van der Waals surface area contributed by atoms with Crippen LogP contribution >= 0.6 is 0 Å². The van der Waals surface area contributed by atoms with E-state index < -0.39 is 0 Å². The fourth-order valence-corrected chi connectivity index (χ4v) is 2.24. The van der Waals surface area contributed by atoms with Crippen molar-refractivity contribution in [3.05, 3.63) is 34.9 Å². The van der Waals surface area contributed by atoms with Crippen molar-refractivity contribution in [1.82, 2.24) is 4.90 Å². The van der Waals surface area contributed by atoms with Gasteiger partial charge in [0.1, 0.15) is 0 Å². The van der Waals surface area contributed by atoms with Crippen molar-refractivity contribution in [3.63, 3.8) is 0 Å². The lowest BCUT2D eigenvalue weighted by Crippen LogP contribution is -2.35. The Hall–Kier alpha value is -0.860. The van der Waals surface area contributed by atoms with E-state index in [-0.39, 0.29) is 6.10 Å². The molecule has 1 fully saturated rings. The van der Waals surface area contributed by atoms with Gasteiger partial charge in [-0.1, -0.05) is 18.2 Å². The zero-order valence-corrected chi connectivity index (χ0v) is 10.2. The highest BCUT2D eigenvalue weighted by atomic mass is 16.3. The Morgan fingerprint density at radius 1 is 1.19 bits per heavy atom. The molecule has 0 amide bonds. The lowest BCUT2D eigenvalue weighted by molar-refractivity contribution is 0.0792. The average Bonchev–Trinajstić information content (AvgIpc) is 2.27. The molecule has 0 saturated carbocycles. The van der Waals surface area contributed by atoms with Crippen molar-refractivity contribution in [2.75, 3.05) is 13.1 Å². The van der Waals surface area contributed by atoms with Crippen LogP contribution in [0.5, 0.6) is 0 Å². The smallest absolute Gasteiger partial charge is 0.0564 e. The van der Waals surface area contributed by atoms with Crippen LogP contribution < -0.4 is 0 Å². The molecule has 2 nitrogen and oxygen atoms in total. The van der Waals surface area contributed by atoms with E-state index in [1.807, 2.05) is 0 Å². The second-order valence-electron chi connectivity index (χ2n) is 4.93. The Kier molecular flexibility index (Phi) is 3.62. The summed E-state index contributed by atoms with van der Waals surface area (Å²) in [6.07, 6.45) is 1.77. The van der Waals surface area contributed by atoms with E-state index in [4.69, 9.17) is 0 Å². The number of aliphatic hydroxyl groups is 1. The molecule has 2 heteroatoms. The highest BCUT2D eigenvalue weighted by Crippen LogP contribution is 2.15.